The van der Waals surface area contributed by atoms with Crippen LogP contribution in [0.5, 0.6) is 0 Å². The first-order chi connectivity index (χ1) is 12.7. The molecule has 1 unspecified atom stereocenters. The van der Waals surface area contributed by atoms with Crippen molar-refractivity contribution >= 4 is 11.8 Å². The normalized spacial score (nSPS) is 21.4. The summed E-state index contributed by atoms with van der Waals surface area (Å²) in [7, 11) is 0. The van der Waals surface area contributed by atoms with Crippen LogP contribution in [0.2, 0.25) is 0 Å². The Labute approximate surface area is 154 Å². The van der Waals surface area contributed by atoms with Gasteiger partial charge < -0.3 is 14.4 Å². The standard InChI is InChI=1S/C21H25N3O2/c25-20-14-18(16-24(20)15-17-6-2-1-3-7-17)21(26)23-12-8-19(9-13-23)22-10-4-5-11-22/h1-7,10-11,18-19H,8-9,12-16H2. The topological polar surface area (TPSA) is 45.6 Å². The summed E-state index contributed by atoms with van der Waals surface area (Å²) in [6, 6.07) is 14.5. The van der Waals surface area contributed by atoms with Crippen LogP contribution in [-0.2, 0) is 16.1 Å². The molecule has 136 valence electrons. The quantitative estimate of drug-likeness (QED) is 0.850. The maximum atomic E-state index is 12.9. The van der Waals surface area contributed by atoms with Gasteiger partial charge in [0, 0.05) is 51.0 Å². The van der Waals surface area contributed by atoms with E-state index in [-0.39, 0.29) is 17.7 Å². The molecule has 4 rings (SSSR count). The summed E-state index contributed by atoms with van der Waals surface area (Å²) in [5.41, 5.74) is 1.11. The maximum absolute atomic E-state index is 12.9. The van der Waals surface area contributed by atoms with E-state index in [9.17, 15) is 9.59 Å². The summed E-state index contributed by atoms with van der Waals surface area (Å²) < 4.78 is 2.24. The number of carbonyl (C=O) groups excluding carboxylic acids is 2. The number of rotatable bonds is 4. The van der Waals surface area contributed by atoms with Crippen LogP contribution in [0.1, 0.15) is 30.9 Å². The molecule has 0 N–H and O–H groups in total. The van der Waals surface area contributed by atoms with Gasteiger partial charge in [-0.15, -0.1) is 0 Å². The molecule has 2 saturated heterocycles. The fraction of sp³-hybridized carbons (Fsp3) is 0.429. The van der Waals surface area contributed by atoms with E-state index in [1.54, 1.807) is 0 Å². The number of aromatic nitrogens is 1. The molecule has 0 saturated carbocycles. The Morgan fingerprint density at radius 3 is 2.38 bits per heavy atom. The minimum Gasteiger partial charge on any atom is -0.351 e. The van der Waals surface area contributed by atoms with Crippen LogP contribution in [0.15, 0.2) is 54.9 Å². The molecule has 5 nitrogen and oxygen atoms in total. The van der Waals surface area contributed by atoms with Crippen molar-refractivity contribution in [2.24, 2.45) is 5.92 Å². The number of nitrogens with zero attached hydrogens (tertiary/aromatic N) is 3. The molecular weight excluding hydrogens is 326 g/mol. The van der Waals surface area contributed by atoms with E-state index in [0.717, 1.165) is 31.5 Å². The Bertz CT molecular complexity index is 749. The molecule has 5 heteroatoms. The first kappa shape index (κ1) is 16.9. The average Bonchev–Trinajstić information content (AvgIpc) is 3.33. The Kier molecular flexibility index (Phi) is 4.78. The van der Waals surface area contributed by atoms with Gasteiger partial charge >= 0.3 is 0 Å². The zero-order valence-electron chi connectivity index (χ0n) is 15.0. The van der Waals surface area contributed by atoms with Gasteiger partial charge in [-0.2, -0.15) is 0 Å². The molecule has 0 spiro atoms. The van der Waals surface area contributed by atoms with Crippen molar-refractivity contribution < 1.29 is 9.59 Å². The minimum atomic E-state index is -0.186. The van der Waals surface area contributed by atoms with Crippen LogP contribution < -0.4 is 0 Å². The largest absolute Gasteiger partial charge is 0.351 e. The molecule has 0 radical (unpaired) electrons. The van der Waals surface area contributed by atoms with E-state index < -0.39 is 0 Å². The molecule has 0 aliphatic carbocycles. The predicted octanol–water partition coefficient (Wildman–Crippen LogP) is 2.70. The first-order valence-corrected chi connectivity index (χ1v) is 9.43. The van der Waals surface area contributed by atoms with Crippen LogP contribution in [0.3, 0.4) is 0 Å². The highest BCUT2D eigenvalue weighted by Crippen LogP contribution is 2.27. The summed E-state index contributed by atoms with van der Waals surface area (Å²) in [4.78, 5) is 29.0. The van der Waals surface area contributed by atoms with Gasteiger partial charge in [0.2, 0.25) is 11.8 Å². The van der Waals surface area contributed by atoms with Gasteiger partial charge in [-0.3, -0.25) is 9.59 Å². The predicted molar refractivity (Wildman–Crippen MR) is 99.2 cm³/mol. The maximum Gasteiger partial charge on any atom is 0.227 e. The fourth-order valence-electron chi connectivity index (χ4n) is 4.13. The van der Waals surface area contributed by atoms with Crippen molar-refractivity contribution in [1.82, 2.24) is 14.4 Å². The summed E-state index contributed by atoms with van der Waals surface area (Å²) >= 11 is 0. The second-order valence-electron chi connectivity index (χ2n) is 7.35. The first-order valence-electron chi connectivity index (χ1n) is 9.43. The molecule has 1 aromatic heterocycles. The van der Waals surface area contributed by atoms with E-state index >= 15 is 0 Å². The van der Waals surface area contributed by atoms with Gasteiger partial charge in [0.05, 0.1) is 5.92 Å². The van der Waals surface area contributed by atoms with Crippen LogP contribution in [-0.4, -0.2) is 45.8 Å². The van der Waals surface area contributed by atoms with Crippen molar-refractivity contribution in [2.75, 3.05) is 19.6 Å². The van der Waals surface area contributed by atoms with E-state index in [1.165, 1.54) is 0 Å². The molecule has 0 bridgehead atoms. The number of hydrogen-bond donors (Lipinski definition) is 0. The molecule has 2 aliphatic rings. The lowest BCUT2D eigenvalue weighted by molar-refractivity contribution is -0.137. The lowest BCUT2D eigenvalue weighted by Crippen LogP contribution is -2.42. The van der Waals surface area contributed by atoms with Crippen LogP contribution in [0.25, 0.3) is 0 Å². The monoisotopic (exact) mass is 351 g/mol. The number of piperidine rings is 1. The number of hydrogen-bond acceptors (Lipinski definition) is 2. The summed E-state index contributed by atoms with van der Waals surface area (Å²) in [6.07, 6.45) is 6.51. The van der Waals surface area contributed by atoms with Crippen molar-refractivity contribution in [3.05, 3.63) is 60.4 Å². The fourth-order valence-corrected chi connectivity index (χ4v) is 4.13. The van der Waals surface area contributed by atoms with Crippen LogP contribution in [0, 0.1) is 5.92 Å². The van der Waals surface area contributed by atoms with Crippen molar-refractivity contribution in [3.8, 4) is 0 Å². The number of carbonyl (C=O) groups is 2. The molecule has 1 aromatic carbocycles. The average molecular weight is 351 g/mol. The Hall–Kier alpha value is -2.56. The Morgan fingerprint density at radius 1 is 1.00 bits per heavy atom. The van der Waals surface area contributed by atoms with E-state index in [1.807, 2.05) is 52.3 Å². The van der Waals surface area contributed by atoms with Crippen molar-refractivity contribution in [1.29, 1.82) is 0 Å². The molecule has 2 aliphatic heterocycles. The van der Waals surface area contributed by atoms with E-state index in [0.29, 0.717) is 25.6 Å². The van der Waals surface area contributed by atoms with Gasteiger partial charge in [-0.25, -0.2) is 0 Å². The summed E-state index contributed by atoms with van der Waals surface area (Å²) in [6.45, 7) is 2.71. The third kappa shape index (κ3) is 3.52. The molecule has 3 heterocycles. The highest BCUT2D eigenvalue weighted by atomic mass is 16.2. The van der Waals surface area contributed by atoms with Crippen LogP contribution in [0.4, 0.5) is 0 Å². The smallest absolute Gasteiger partial charge is 0.227 e. The van der Waals surface area contributed by atoms with Gasteiger partial charge in [0.15, 0.2) is 0 Å². The zero-order valence-corrected chi connectivity index (χ0v) is 15.0. The Morgan fingerprint density at radius 2 is 1.69 bits per heavy atom. The third-order valence-corrected chi connectivity index (χ3v) is 5.61. The lowest BCUT2D eigenvalue weighted by Gasteiger charge is -2.34. The third-order valence-electron chi connectivity index (χ3n) is 5.61. The second-order valence-corrected chi connectivity index (χ2v) is 7.35. The number of benzene rings is 1. The zero-order chi connectivity index (χ0) is 17.9. The molecule has 2 aromatic rings. The van der Waals surface area contributed by atoms with Gasteiger partial charge in [-0.05, 0) is 30.5 Å². The number of likely N-dealkylation sites (tertiary alicyclic amines) is 2. The van der Waals surface area contributed by atoms with Gasteiger partial charge in [-0.1, -0.05) is 30.3 Å². The summed E-state index contributed by atoms with van der Waals surface area (Å²) in [5, 5.41) is 0. The molecule has 26 heavy (non-hydrogen) atoms. The SMILES string of the molecule is O=C1CC(C(=O)N2CCC(n3cccc3)CC2)CN1Cc1ccccc1. The molecular formula is C21H25N3O2. The van der Waals surface area contributed by atoms with Crippen molar-refractivity contribution in [3.63, 3.8) is 0 Å². The van der Waals surface area contributed by atoms with E-state index in [2.05, 4.69) is 17.0 Å². The molecule has 2 fully saturated rings. The second kappa shape index (κ2) is 7.36. The molecule has 1 atom stereocenters. The highest BCUT2D eigenvalue weighted by molar-refractivity contribution is 5.89. The Balaban J connectivity index is 1.32. The molecule has 2 amide bonds. The van der Waals surface area contributed by atoms with Crippen LogP contribution >= 0.6 is 0 Å². The number of amides is 2. The lowest BCUT2D eigenvalue weighted by atomic mass is 10.0. The highest BCUT2D eigenvalue weighted by Gasteiger charge is 2.37. The van der Waals surface area contributed by atoms with Gasteiger partial charge in [0.1, 0.15) is 0 Å². The van der Waals surface area contributed by atoms with E-state index in [4.69, 9.17) is 0 Å². The summed E-state index contributed by atoms with van der Waals surface area (Å²) in [5.74, 6) is 0.0589. The van der Waals surface area contributed by atoms with Gasteiger partial charge in [0.25, 0.3) is 0 Å². The van der Waals surface area contributed by atoms with Crippen molar-refractivity contribution in [2.45, 2.75) is 31.8 Å². The minimum absolute atomic E-state index is 0.0921.